The fourth-order valence-corrected chi connectivity index (χ4v) is 3.46. The van der Waals surface area contributed by atoms with Crippen LogP contribution in [0.2, 0.25) is 0 Å². The van der Waals surface area contributed by atoms with Crippen LogP contribution in [0.5, 0.6) is 0 Å². The smallest absolute Gasteiger partial charge is 0.0558 e. The van der Waals surface area contributed by atoms with Crippen LogP contribution in [-0.2, 0) is 6.54 Å². The Hall–Kier alpha value is -0.680. The molecule has 2 aromatic heterocycles. The van der Waals surface area contributed by atoms with Crippen LogP contribution in [0.1, 0.15) is 11.8 Å². The molecule has 0 spiro atoms. The summed E-state index contributed by atoms with van der Waals surface area (Å²) in [4.78, 5) is 4.95. The predicted octanol–water partition coefficient (Wildman–Crippen LogP) is 3.29. The van der Waals surface area contributed by atoms with Crippen molar-refractivity contribution < 1.29 is 5.11 Å². The van der Waals surface area contributed by atoms with Gasteiger partial charge in [-0.2, -0.15) is 0 Å². The summed E-state index contributed by atoms with van der Waals surface area (Å²) >= 11 is 3.58. The summed E-state index contributed by atoms with van der Waals surface area (Å²) in [5.74, 6) is 0. The highest BCUT2D eigenvalue weighted by Crippen LogP contribution is 2.29. The quantitative estimate of drug-likeness (QED) is 0.868. The second-order valence-corrected chi connectivity index (χ2v) is 5.81. The number of likely N-dealkylation sites (N-methyl/N-ethyl adjacent to an activating group) is 1. The third-order valence-corrected chi connectivity index (χ3v) is 4.54. The molecule has 2 aromatic rings. The van der Waals surface area contributed by atoms with Crippen molar-refractivity contribution in [2.75, 3.05) is 19.7 Å². The Morgan fingerprint density at radius 2 is 2.24 bits per heavy atom. The molecule has 92 valence electrons. The molecule has 0 bridgehead atoms. The first-order chi connectivity index (χ1) is 8.33. The molecule has 0 saturated carbocycles. The molecule has 2 heterocycles. The van der Waals surface area contributed by atoms with Crippen molar-refractivity contribution in [3.8, 4) is 10.4 Å². The molecule has 4 heteroatoms. The molecular formula is C13H17NOS2. The Labute approximate surface area is 110 Å². The molecule has 0 atom stereocenters. The summed E-state index contributed by atoms with van der Waals surface area (Å²) in [5, 5.41) is 13.3. The minimum Gasteiger partial charge on any atom is -0.395 e. The van der Waals surface area contributed by atoms with Gasteiger partial charge >= 0.3 is 0 Å². The first kappa shape index (κ1) is 12.8. The number of thiophene rings is 2. The minimum absolute atomic E-state index is 0.233. The van der Waals surface area contributed by atoms with Crippen molar-refractivity contribution in [3.05, 3.63) is 33.8 Å². The molecular weight excluding hydrogens is 250 g/mol. The van der Waals surface area contributed by atoms with E-state index in [9.17, 15) is 0 Å². The summed E-state index contributed by atoms with van der Waals surface area (Å²) < 4.78 is 0. The van der Waals surface area contributed by atoms with Gasteiger partial charge < -0.3 is 5.11 Å². The number of aliphatic hydroxyl groups is 1. The molecule has 0 unspecified atom stereocenters. The van der Waals surface area contributed by atoms with Crippen LogP contribution in [0.15, 0.2) is 29.0 Å². The lowest BCUT2D eigenvalue weighted by atomic mass is 10.2. The summed E-state index contributed by atoms with van der Waals surface area (Å²) in [6, 6.07) is 6.50. The lowest BCUT2D eigenvalue weighted by Crippen LogP contribution is -2.25. The molecule has 0 aliphatic rings. The van der Waals surface area contributed by atoms with Gasteiger partial charge in [0.1, 0.15) is 0 Å². The maximum atomic E-state index is 8.96. The highest BCUT2D eigenvalue weighted by molar-refractivity contribution is 7.14. The Balaban J connectivity index is 2.03. The van der Waals surface area contributed by atoms with Crippen molar-refractivity contribution in [2.45, 2.75) is 13.5 Å². The average Bonchev–Trinajstić information content (AvgIpc) is 2.98. The number of hydrogen-bond acceptors (Lipinski definition) is 4. The van der Waals surface area contributed by atoms with Crippen LogP contribution in [0, 0.1) is 0 Å². The zero-order valence-corrected chi connectivity index (χ0v) is 11.6. The molecule has 0 radical (unpaired) electrons. The molecule has 0 aromatic carbocycles. The fraction of sp³-hybridized carbons (Fsp3) is 0.385. The molecule has 1 N–H and O–H groups in total. The highest BCUT2D eigenvalue weighted by Gasteiger charge is 2.07. The van der Waals surface area contributed by atoms with Crippen molar-refractivity contribution >= 4 is 22.7 Å². The van der Waals surface area contributed by atoms with E-state index >= 15 is 0 Å². The molecule has 0 aliphatic heterocycles. The number of nitrogens with zero attached hydrogens (tertiary/aromatic N) is 1. The molecule has 2 rings (SSSR count). The van der Waals surface area contributed by atoms with E-state index in [2.05, 4.69) is 40.8 Å². The normalized spacial score (nSPS) is 11.2. The topological polar surface area (TPSA) is 23.5 Å². The van der Waals surface area contributed by atoms with Crippen LogP contribution >= 0.6 is 22.7 Å². The van der Waals surface area contributed by atoms with Gasteiger partial charge in [0.2, 0.25) is 0 Å². The number of aliphatic hydroxyl groups excluding tert-OH is 1. The van der Waals surface area contributed by atoms with E-state index in [1.807, 2.05) is 0 Å². The van der Waals surface area contributed by atoms with E-state index in [4.69, 9.17) is 5.11 Å². The number of hydrogen-bond donors (Lipinski definition) is 1. The lowest BCUT2D eigenvalue weighted by Gasteiger charge is -2.17. The second kappa shape index (κ2) is 6.31. The minimum atomic E-state index is 0.233. The molecule has 0 fully saturated rings. The largest absolute Gasteiger partial charge is 0.395 e. The van der Waals surface area contributed by atoms with Crippen LogP contribution in [0.25, 0.3) is 10.4 Å². The van der Waals surface area contributed by atoms with Gasteiger partial charge in [-0.3, -0.25) is 4.90 Å². The third kappa shape index (κ3) is 3.39. The van der Waals surface area contributed by atoms with E-state index in [0.717, 1.165) is 19.6 Å². The van der Waals surface area contributed by atoms with Crippen LogP contribution in [0.3, 0.4) is 0 Å². The van der Waals surface area contributed by atoms with Gasteiger partial charge in [-0.25, -0.2) is 0 Å². The van der Waals surface area contributed by atoms with Gasteiger partial charge in [0.15, 0.2) is 0 Å². The second-order valence-electron chi connectivity index (χ2n) is 3.87. The molecule has 0 amide bonds. The molecule has 0 aliphatic carbocycles. The summed E-state index contributed by atoms with van der Waals surface area (Å²) in [7, 11) is 0. The SMILES string of the molecule is CCN(CCO)Cc1cc(-c2cccs2)cs1. The maximum absolute atomic E-state index is 8.96. The predicted molar refractivity (Wildman–Crippen MR) is 75.7 cm³/mol. The molecule has 0 saturated heterocycles. The van der Waals surface area contributed by atoms with Gasteiger partial charge in [0.05, 0.1) is 6.61 Å². The Kier molecular flexibility index (Phi) is 4.74. The first-order valence-electron chi connectivity index (χ1n) is 5.78. The molecule has 17 heavy (non-hydrogen) atoms. The summed E-state index contributed by atoms with van der Waals surface area (Å²) in [6.45, 7) is 5.03. The van der Waals surface area contributed by atoms with E-state index in [1.165, 1.54) is 15.3 Å². The van der Waals surface area contributed by atoms with Gasteiger partial charge in [-0.05, 0) is 29.4 Å². The van der Waals surface area contributed by atoms with Crippen molar-refractivity contribution in [1.29, 1.82) is 0 Å². The summed E-state index contributed by atoms with van der Waals surface area (Å²) in [5.41, 5.74) is 1.32. The zero-order valence-electron chi connectivity index (χ0n) is 9.93. The monoisotopic (exact) mass is 267 g/mol. The van der Waals surface area contributed by atoms with Crippen LogP contribution in [-0.4, -0.2) is 29.7 Å². The van der Waals surface area contributed by atoms with Gasteiger partial charge in [-0.1, -0.05) is 13.0 Å². The van der Waals surface area contributed by atoms with E-state index in [1.54, 1.807) is 22.7 Å². The first-order valence-corrected chi connectivity index (χ1v) is 7.54. The van der Waals surface area contributed by atoms with E-state index in [-0.39, 0.29) is 6.61 Å². The van der Waals surface area contributed by atoms with Crippen molar-refractivity contribution in [2.24, 2.45) is 0 Å². The van der Waals surface area contributed by atoms with E-state index < -0.39 is 0 Å². The fourth-order valence-electron chi connectivity index (χ4n) is 1.75. The van der Waals surface area contributed by atoms with Gasteiger partial charge in [0, 0.05) is 28.4 Å². The average molecular weight is 267 g/mol. The van der Waals surface area contributed by atoms with Crippen molar-refractivity contribution in [1.82, 2.24) is 4.90 Å². The van der Waals surface area contributed by atoms with Crippen LogP contribution < -0.4 is 0 Å². The van der Waals surface area contributed by atoms with Gasteiger partial charge in [-0.15, -0.1) is 22.7 Å². The highest BCUT2D eigenvalue weighted by atomic mass is 32.1. The van der Waals surface area contributed by atoms with Crippen molar-refractivity contribution in [3.63, 3.8) is 0 Å². The Morgan fingerprint density at radius 3 is 2.88 bits per heavy atom. The Morgan fingerprint density at radius 1 is 1.35 bits per heavy atom. The maximum Gasteiger partial charge on any atom is 0.0558 e. The summed E-state index contributed by atoms with van der Waals surface area (Å²) in [6.07, 6.45) is 0. The number of rotatable bonds is 6. The standard InChI is InChI=1S/C13H17NOS2/c1-2-14(5-6-15)9-12-8-11(10-17-12)13-4-3-7-16-13/h3-4,7-8,10,15H,2,5-6,9H2,1H3. The molecule has 2 nitrogen and oxygen atoms in total. The third-order valence-electron chi connectivity index (χ3n) is 2.70. The van der Waals surface area contributed by atoms with E-state index in [0.29, 0.717) is 0 Å². The van der Waals surface area contributed by atoms with Crippen LogP contribution in [0.4, 0.5) is 0 Å². The van der Waals surface area contributed by atoms with Gasteiger partial charge in [0.25, 0.3) is 0 Å². The lowest BCUT2D eigenvalue weighted by molar-refractivity contribution is 0.198. The Bertz CT molecular complexity index is 436. The zero-order chi connectivity index (χ0) is 12.1.